The largest absolute Gasteiger partial charge is 0.486 e. The first-order chi connectivity index (χ1) is 14.9. The van der Waals surface area contributed by atoms with Crippen molar-refractivity contribution in [2.45, 2.75) is 27.0 Å². The predicted molar refractivity (Wildman–Crippen MR) is 115 cm³/mol. The van der Waals surface area contributed by atoms with Gasteiger partial charge >= 0.3 is 0 Å². The number of nitrogens with one attached hydrogen (secondary N) is 1. The summed E-state index contributed by atoms with van der Waals surface area (Å²) in [6.07, 6.45) is 3.25. The molecule has 0 atom stereocenters. The van der Waals surface area contributed by atoms with E-state index in [9.17, 15) is 9.18 Å². The summed E-state index contributed by atoms with van der Waals surface area (Å²) in [5.74, 6) is 0.837. The van der Waals surface area contributed by atoms with Crippen LogP contribution in [0.15, 0.2) is 71.4 Å². The van der Waals surface area contributed by atoms with Crippen LogP contribution in [-0.2, 0) is 13.2 Å². The standard InChI is InChI=1S/C24H22FN3O3/c1-16-9-17(2)11-22(10-16)30-15-21-7-8-23(31-21)24(29)27-20-12-26-28(14-20)13-18-3-5-19(25)6-4-18/h3-12,14H,13,15H2,1-2H3,(H,27,29). The van der Waals surface area contributed by atoms with Crippen molar-refractivity contribution in [1.82, 2.24) is 9.78 Å². The molecular weight excluding hydrogens is 397 g/mol. The van der Waals surface area contributed by atoms with Crippen molar-refractivity contribution in [3.05, 3.63) is 101 Å². The van der Waals surface area contributed by atoms with Gasteiger partial charge in [0, 0.05) is 6.20 Å². The van der Waals surface area contributed by atoms with Gasteiger partial charge < -0.3 is 14.5 Å². The maximum absolute atomic E-state index is 13.0. The van der Waals surface area contributed by atoms with Crippen molar-refractivity contribution in [3.63, 3.8) is 0 Å². The number of furan rings is 1. The Labute approximate surface area is 179 Å². The summed E-state index contributed by atoms with van der Waals surface area (Å²) in [5.41, 5.74) is 3.68. The van der Waals surface area contributed by atoms with Crippen LogP contribution in [0.3, 0.4) is 0 Å². The Morgan fingerprint density at radius 2 is 1.84 bits per heavy atom. The minimum absolute atomic E-state index is 0.185. The molecule has 0 saturated carbocycles. The van der Waals surface area contributed by atoms with Crippen molar-refractivity contribution in [2.24, 2.45) is 0 Å². The molecule has 31 heavy (non-hydrogen) atoms. The van der Waals surface area contributed by atoms with Crippen LogP contribution in [0.4, 0.5) is 10.1 Å². The Morgan fingerprint density at radius 1 is 1.10 bits per heavy atom. The molecule has 2 aromatic carbocycles. The van der Waals surface area contributed by atoms with E-state index in [2.05, 4.69) is 16.5 Å². The monoisotopic (exact) mass is 419 g/mol. The third kappa shape index (κ3) is 5.39. The van der Waals surface area contributed by atoms with Crippen molar-refractivity contribution in [1.29, 1.82) is 0 Å². The molecule has 0 aliphatic heterocycles. The average Bonchev–Trinajstić information content (AvgIpc) is 3.37. The van der Waals surface area contributed by atoms with Crippen LogP contribution in [0, 0.1) is 19.7 Å². The number of aromatic nitrogens is 2. The summed E-state index contributed by atoms with van der Waals surface area (Å²) in [5, 5.41) is 6.98. The number of carbonyl (C=O) groups is 1. The lowest BCUT2D eigenvalue weighted by molar-refractivity contribution is 0.0992. The highest BCUT2D eigenvalue weighted by Gasteiger charge is 2.13. The molecule has 0 bridgehead atoms. The molecule has 1 N–H and O–H groups in total. The number of halogens is 1. The van der Waals surface area contributed by atoms with Crippen molar-refractivity contribution < 1.29 is 18.3 Å². The summed E-state index contributed by atoms with van der Waals surface area (Å²) < 4.78 is 26.1. The van der Waals surface area contributed by atoms with Crippen LogP contribution in [0.2, 0.25) is 0 Å². The van der Waals surface area contributed by atoms with Crippen molar-refractivity contribution in [3.8, 4) is 5.75 Å². The topological polar surface area (TPSA) is 69.3 Å². The Hall–Kier alpha value is -3.87. The molecule has 6 nitrogen and oxygen atoms in total. The number of nitrogens with zero attached hydrogens (tertiary/aromatic N) is 2. The molecule has 158 valence electrons. The predicted octanol–water partition coefficient (Wildman–Crippen LogP) is 5.11. The SMILES string of the molecule is Cc1cc(C)cc(OCc2ccc(C(=O)Nc3cnn(Cc4ccc(F)cc4)c3)o2)c1. The van der Waals surface area contributed by atoms with Crippen LogP contribution in [0.5, 0.6) is 5.75 Å². The molecule has 2 heterocycles. The molecule has 0 saturated heterocycles. The summed E-state index contributed by atoms with van der Waals surface area (Å²) in [4.78, 5) is 12.5. The van der Waals surface area contributed by atoms with Crippen molar-refractivity contribution in [2.75, 3.05) is 5.32 Å². The van der Waals surface area contributed by atoms with Crippen LogP contribution in [0.25, 0.3) is 0 Å². The van der Waals surface area contributed by atoms with E-state index in [0.717, 1.165) is 22.4 Å². The number of hydrogen-bond donors (Lipinski definition) is 1. The van der Waals surface area contributed by atoms with E-state index in [0.29, 0.717) is 18.0 Å². The van der Waals surface area contributed by atoms with Gasteiger partial charge in [0.05, 0.1) is 18.4 Å². The van der Waals surface area contributed by atoms with Crippen LogP contribution >= 0.6 is 0 Å². The van der Waals surface area contributed by atoms with Gasteiger partial charge in [0.25, 0.3) is 5.91 Å². The summed E-state index contributed by atoms with van der Waals surface area (Å²) in [7, 11) is 0. The highest BCUT2D eigenvalue weighted by Crippen LogP contribution is 2.19. The summed E-state index contributed by atoms with van der Waals surface area (Å²) >= 11 is 0. The molecule has 0 aliphatic rings. The van der Waals surface area contributed by atoms with Gasteiger partial charge in [-0.15, -0.1) is 0 Å². The first-order valence-electron chi connectivity index (χ1n) is 9.83. The van der Waals surface area contributed by atoms with Crippen LogP contribution in [-0.4, -0.2) is 15.7 Å². The minimum atomic E-state index is -0.376. The van der Waals surface area contributed by atoms with E-state index in [-0.39, 0.29) is 24.1 Å². The molecule has 0 aliphatic carbocycles. The number of hydrogen-bond acceptors (Lipinski definition) is 4. The zero-order valence-electron chi connectivity index (χ0n) is 17.3. The lowest BCUT2D eigenvalue weighted by Crippen LogP contribution is -2.10. The highest BCUT2D eigenvalue weighted by atomic mass is 19.1. The molecular formula is C24H22FN3O3. The lowest BCUT2D eigenvalue weighted by atomic mass is 10.1. The molecule has 0 radical (unpaired) electrons. The van der Waals surface area contributed by atoms with Gasteiger partial charge in [0.1, 0.15) is 23.9 Å². The van der Waals surface area contributed by atoms with E-state index in [1.54, 1.807) is 41.3 Å². The normalized spacial score (nSPS) is 10.8. The summed E-state index contributed by atoms with van der Waals surface area (Å²) in [6.45, 7) is 4.72. The fraction of sp³-hybridized carbons (Fsp3) is 0.167. The number of aryl methyl sites for hydroxylation is 2. The number of benzene rings is 2. The second kappa shape index (κ2) is 8.87. The second-order valence-electron chi connectivity index (χ2n) is 7.39. The Kier molecular flexibility index (Phi) is 5.84. The lowest BCUT2D eigenvalue weighted by Gasteiger charge is -2.06. The Balaban J connectivity index is 1.33. The third-order valence-corrected chi connectivity index (χ3v) is 4.61. The van der Waals surface area contributed by atoms with Gasteiger partial charge in [-0.25, -0.2) is 4.39 Å². The maximum atomic E-state index is 13.0. The first kappa shape index (κ1) is 20.4. The van der Waals surface area contributed by atoms with Gasteiger partial charge in [-0.1, -0.05) is 18.2 Å². The van der Waals surface area contributed by atoms with E-state index >= 15 is 0 Å². The number of carbonyl (C=O) groups excluding carboxylic acids is 1. The fourth-order valence-corrected chi connectivity index (χ4v) is 3.23. The number of amides is 1. The zero-order valence-corrected chi connectivity index (χ0v) is 17.3. The Bertz CT molecular complexity index is 1170. The molecule has 0 spiro atoms. The quantitative estimate of drug-likeness (QED) is 0.452. The van der Waals surface area contributed by atoms with Gasteiger partial charge in [0.2, 0.25) is 0 Å². The van der Waals surface area contributed by atoms with Gasteiger partial charge in [-0.3, -0.25) is 9.48 Å². The Morgan fingerprint density at radius 3 is 2.58 bits per heavy atom. The number of rotatable bonds is 7. The minimum Gasteiger partial charge on any atom is -0.486 e. The van der Waals surface area contributed by atoms with Gasteiger partial charge in [-0.05, 0) is 66.9 Å². The van der Waals surface area contributed by atoms with Crippen LogP contribution in [0.1, 0.15) is 33.0 Å². The molecule has 2 aromatic heterocycles. The molecule has 1 amide bonds. The molecule has 0 unspecified atom stereocenters. The van der Waals surface area contributed by atoms with E-state index in [4.69, 9.17) is 9.15 Å². The highest BCUT2D eigenvalue weighted by molar-refractivity contribution is 6.02. The van der Waals surface area contributed by atoms with E-state index in [1.165, 1.54) is 12.1 Å². The van der Waals surface area contributed by atoms with E-state index in [1.807, 2.05) is 26.0 Å². The van der Waals surface area contributed by atoms with Gasteiger partial charge in [0.15, 0.2) is 5.76 Å². The molecule has 7 heteroatoms. The van der Waals surface area contributed by atoms with Crippen LogP contribution < -0.4 is 10.1 Å². The average molecular weight is 419 g/mol. The molecule has 0 fully saturated rings. The van der Waals surface area contributed by atoms with Gasteiger partial charge in [-0.2, -0.15) is 5.10 Å². The maximum Gasteiger partial charge on any atom is 0.291 e. The third-order valence-electron chi connectivity index (χ3n) is 4.61. The fourth-order valence-electron chi connectivity index (χ4n) is 3.23. The smallest absolute Gasteiger partial charge is 0.291 e. The molecule has 4 aromatic rings. The zero-order chi connectivity index (χ0) is 21.8. The van der Waals surface area contributed by atoms with Crippen molar-refractivity contribution >= 4 is 11.6 Å². The van der Waals surface area contributed by atoms with E-state index < -0.39 is 0 Å². The first-order valence-corrected chi connectivity index (χ1v) is 9.83. The number of ether oxygens (including phenoxy) is 1. The number of anilines is 1. The molecule has 4 rings (SSSR count). The summed E-state index contributed by atoms with van der Waals surface area (Å²) in [6, 6.07) is 15.5. The second-order valence-corrected chi connectivity index (χ2v) is 7.39.